The number of ether oxygens (including phenoxy) is 1. The van der Waals surface area contributed by atoms with Crippen molar-refractivity contribution < 1.29 is 19.5 Å². The summed E-state index contributed by atoms with van der Waals surface area (Å²) in [4.78, 5) is 11.6. The fraction of sp³-hybridized carbons (Fsp3) is 0.500. The minimum absolute atomic E-state index is 0.0205. The molecule has 1 aromatic rings. The Hall–Kier alpha value is -1.66. The molecule has 0 spiro atoms. The van der Waals surface area contributed by atoms with Crippen LogP contribution >= 0.6 is 0 Å². The molecule has 0 unspecified atom stereocenters. The molecule has 99 valence electrons. The average molecular weight is 253 g/mol. The van der Waals surface area contributed by atoms with Gasteiger partial charge in [-0.3, -0.25) is 0 Å². The van der Waals surface area contributed by atoms with Crippen molar-refractivity contribution in [2.75, 3.05) is 6.61 Å². The summed E-state index contributed by atoms with van der Waals surface area (Å²) in [5, 5.41) is 23.5. The zero-order chi connectivity index (χ0) is 13.8. The first-order chi connectivity index (χ1) is 8.37. The SMILES string of the molecule is CCOC(=O)C(C)(C)N([O])Cc1cc[n+]([O-])cc1. The normalized spacial score (nSPS) is 11.6. The van der Waals surface area contributed by atoms with Gasteiger partial charge < -0.3 is 9.94 Å². The predicted molar refractivity (Wildman–Crippen MR) is 62.3 cm³/mol. The van der Waals surface area contributed by atoms with Gasteiger partial charge in [0.25, 0.3) is 0 Å². The number of aromatic nitrogens is 1. The first kappa shape index (κ1) is 14.4. The van der Waals surface area contributed by atoms with Crippen LogP contribution in [0.4, 0.5) is 0 Å². The highest BCUT2D eigenvalue weighted by Gasteiger charge is 2.36. The molecular formula is C12H17N2O4. The third-order valence-electron chi connectivity index (χ3n) is 2.60. The third kappa shape index (κ3) is 3.41. The second-order valence-corrected chi connectivity index (χ2v) is 4.38. The van der Waals surface area contributed by atoms with Crippen molar-refractivity contribution in [2.24, 2.45) is 0 Å². The second-order valence-electron chi connectivity index (χ2n) is 4.38. The fourth-order valence-electron chi connectivity index (χ4n) is 1.32. The Labute approximate surface area is 106 Å². The summed E-state index contributed by atoms with van der Waals surface area (Å²) in [6, 6.07) is 3.08. The number of carbonyl (C=O) groups excluding carboxylic acids is 1. The van der Waals surface area contributed by atoms with Crippen molar-refractivity contribution in [2.45, 2.75) is 32.9 Å². The molecule has 0 saturated carbocycles. The summed E-state index contributed by atoms with van der Waals surface area (Å²) in [7, 11) is 0. The molecule has 0 N–H and O–H groups in total. The van der Waals surface area contributed by atoms with Crippen LogP contribution in [0.1, 0.15) is 26.3 Å². The molecule has 6 nitrogen and oxygen atoms in total. The van der Waals surface area contributed by atoms with Gasteiger partial charge in [0.15, 0.2) is 12.4 Å². The molecule has 1 aromatic heterocycles. The summed E-state index contributed by atoms with van der Waals surface area (Å²) in [5.74, 6) is -0.560. The number of hydroxylamine groups is 2. The number of carbonyl (C=O) groups is 1. The number of hydrogen-bond acceptors (Lipinski definition) is 4. The zero-order valence-corrected chi connectivity index (χ0v) is 10.8. The van der Waals surface area contributed by atoms with Crippen molar-refractivity contribution in [3.8, 4) is 0 Å². The maximum Gasteiger partial charge on any atom is 0.328 e. The van der Waals surface area contributed by atoms with Gasteiger partial charge in [-0.25, -0.2) is 4.79 Å². The van der Waals surface area contributed by atoms with Crippen LogP contribution in [0.2, 0.25) is 0 Å². The Morgan fingerprint density at radius 3 is 2.50 bits per heavy atom. The molecule has 0 saturated heterocycles. The smallest absolute Gasteiger partial charge is 0.328 e. The Kier molecular flexibility index (Phi) is 4.63. The van der Waals surface area contributed by atoms with Crippen molar-refractivity contribution >= 4 is 5.97 Å². The molecule has 0 aliphatic heterocycles. The van der Waals surface area contributed by atoms with E-state index < -0.39 is 11.5 Å². The van der Waals surface area contributed by atoms with Gasteiger partial charge in [0.05, 0.1) is 13.2 Å². The van der Waals surface area contributed by atoms with Crippen LogP contribution in [-0.4, -0.2) is 23.2 Å². The van der Waals surface area contributed by atoms with Crippen molar-refractivity contribution in [1.82, 2.24) is 5.06 Å². The van der Waals surface area contributed by atoms with E-state index in [1.165, 1.54) is 26.2 Å². The summed E-state index contributed by atoms with van der Waals surface area (Å²) < 4.78 is 5.48. The number of rotatable bonds is 5. The molecule has 0 fully saturated rings. The van der Waals surface area contributed by atoms with E-state index in [0.29, 0.717) is 15.4 Å². The van der Waals surface area contributed by atoms with E-state index in [2.05, 4.69) is 0 Å². The summed E-state index contributed by atoms with van der Waals surface area (Å²) >= 11 is 0. The molecule has 18 heavy (non-hydrogen) atoms. The quantitative estimate of drug-likeness (QED) is 0.337. The summed E-state index contributed by atoms with van der Waals surface area (Å²) in [5.41, 5.74) is -0.589. The van der Waals surface area contributed by atoms with Crippen LogP contribution in [0.3, 0.4) is 0 Å². The fourth-order valence-corrected chi connectivity index (χ4v) is 1.32. The molecule has 0 aliphatic carbocycles. The number of nitrogens with zero attached hydrogens (tertiary/aromatic N) is 2. The highest BCUT2D eigenvalue weighted by Crippen LogP contribution is 2.17. The van der Waals surface area contributed by atoms with Crippen LogP contribution in [0.25, 0.3) is 0 Å². The average Bonchev–Trinajstić information content (AvgIpc) is 2.32. The number of pyridine rings is 1. The Bertz CT molecular complexity index is 403. The van der Waals surface area contributed by atoms with E-state index >= 15 is 0 Å². The van der Waals surface area contributed by atoms with E-state index in [1.807, 2.05) is 0 Å². The van der Waals surface area contributed by atoms with Gasteiger partial charge in [-0.1, -0.05) is 0 Å². The van der Waals surface area contributed by atoms with Crippen LogP contribution in [0.5, 0.6) is 0 Å². The Morgan fingerprint density at radius 2 is 2.00 bits per heavy atom. The molecule has 0 bridgehead atoms. The summed E-state index contributed by atoms with van der Waals surface area (Å²) in [6.07, 6.45) is 2.61. The van der Waals surface area contributed by atoms with Gasteiger partial charge in [0.2, 0.25) is 0 Å². The van der Waals surface area contributed by atoms with Crippen molar-refractivity contribution in [3.05, 3.63) is 35.3 Å². The van der Waals surface area contributed by atoms with Gasteiger partial charge in [0, 0.05) is 12.1 Å². The molecule has 1 rings (SSSR count). The van der Waals surface area contributed by atoms with E-state index in [1.54, 1.807) is 19.1 Å². The van der Waals surface area contributed by atoms with Crippen LogP contribution in [-0.2, 0) is 21.3 Å². The second kappa shape index (κ2) is 5.79. The van der Waals surface area contributed by atoms with Crippen LogP contribution < -0.4 is 4.73 Å². The lowest BCUT2D eigenvalue weighted by Gasteiger charge is -2.28. The maximum atomic E-state index is 12.0. The van der Waals surface area contributed by atoms with Gasteiger partial charge >= 0.3 is 5.97 Å². The largest absolute Gasteiger partial charge is 0.619 e. The lowest BCUT2D eigenvalue weighted by Crippen LogP contribution is -2.48. The first-order valence-corrected chi connectivity index (χ1v) is 5.67. The molecule has 6 heteroatoms. The van der Waals surface area contributed by atoms with Crippen LogP contribution in [0, 0.1) is 5.21 Å². The van der Waals surface area contributed by atoms with Gasteiger partial charge in [-0.2, -0.15) is 4.73 Å². The minimum Gasteiger partial charge on any atom is -0.619 e. The van der Waals surface area contributed by atoms with Gasteiger partial charge in [-0.15, -0.1) is 10.3 Å². The first-order valence-electron chi connectivity index (χ1n) is 5.67. The maximum absolute atomic E-state index is 12.0. The van der Waals surface area contributed by atoms with E-state index in [0.717, 1.165) is 0 Å². The third-order valence-corrected chi connectivity index (χ3v) is 2.60. The molecule has 0 amide bonds. The molecule has 1 radical (unpaired) electrons. The Balaban J connectivity index is 2.72. The predicted octanol–water partition coefficient (Wildman–Crippen LogP) is 0.809. The van der Waals surface area contributed by atoms with E-state index in [-0.39, 0.29) is 13.2 Å². The molecule has 0 aliphatic rings. The number of hydrogen-bond donors (Lipinski definition) is 0. The topological polar surface area (TPSA) is 76.4 Å². The summed E-state index contributed by atoms with van der Waals surface area (Å²) in [6.45, 7) is 4.96. The molecule has 1 heterocycles. The monoisotopic (exact) mass is 253 g/mol. The highest BCUT2D eigenvalue weighted by atomic mass is 16.6. The van der Waals surface area contributed by atoms with Gasteiger partial charge in [0.1, 0.15) is 5.54 Å². The Morgan fingerprint density at radius 1 is 1.44 bits per heavy atom. The van der Waals surface area contributed by atoms with Gasteiger partial charge in [-0.05, 0) is 26.3 Å². The molecular weight excluding hydrogens is 236 g/mol. The molecule has 0 atom stereocenters. The standard InChI is InChI=1S/C12H17N2O4/c1-4-18-11(15)12(2,3)14(17)9-10-5-7-13(16)8-6-10/h5-8H,4,9H2,1-3H3. The van der Waals surface area contributed by atoms with E-state index in [9.17, 15) is 15.2 Å². The van der Waals surface area contributed by atoms with Crippen LogP contribution in [0.15, 0.2) is 24.5 Å². The van der Waals surface area contributed by atoms with Crippen molar-refractivity contribution in [3.63, 3.8) is 0 Å². The lowest BCUT2D eigenvalue weighted by atomic mass is 10.0. The molecule has 0 aromatic carbocycles. The highest BCUT2D eigenvalue weighted by molar-refractivity contribution is 5.79. The number of esters is 1. The lowest BCUT2D eigenvalue weighted by molar-refractivity contribution is -0.605. The zero-order valence-electron chi connectivity index (χ0n) is 10.8. The van der Waals surface area contributed by atoms with Crippen molar-refractivity contribution in [1.29, 1.82) is 0 Å². The minimum atomic E-state index is -1.25. The van der Waals surface area contributed by atoms with E-state index in [4.69, 9.17) is 4.74 Å².